The molecular weight excluding hydrogens is 453 g/mol. The molecule has 32 heavy (non-hydrogen) atoms. The lowest BCUT2D eigenvalue weighted by atomic mass is 9.93. The van der Waals surface area contributed by atoms with Crippen molar-refractivity contribution in [2.24, 2.45) is 5.41 Å². The molecule has 2 aliphatic rings. The first-order valence-corrected chi connectivity index (χ1v) is 12.1. The van der Waals surface area contributed by atoms with Gasteiger partial charge >= 0.3 is 0 Å². The summed E-state index contributed by atoms with van der Waals surface area (Å²) in [4.78, 5) is 14.5. The number of anilines is 1. The highest BCUT2D eigenvalue weighted by Crippen LogP contribution is 2.45. The van der Waals surface area contributed by atoms with Crippen molar-refractivity contribution >= 4 is 33.0 Å². The Morgan fingerprint density at radius 2 is 1.81 bits per heavy atom. The Morgan fingerprint density at radius 1 is 1.12 bits per heavy atom. The zero-order valence-electron chi connectivity index (χ0n) is 17.9. The van der Waals surface area contributed by atoms with Crippen LogP contribution in [0.15, 0.2) is 65.6 Å². The van der Waals surface area contributed by atoms with Gasteiger partial charge in [-0.05, 0) is 56.7 Å². The number of rotatable bonds is 4. The molecule has 1 aliphatic carbocycles. The molecule has 2 aromatic rings. The first kappa shape index (κ1) is 22.6. The van der Waals surface area contributed by atoms with Crippen molar-refractivity contribution in [2.75, 3.05) is 18.1 Å². The smallest absolute Gasteiger partial charge is 0.236 e. The lowest BCUT2D eigenvalue weighted by Crippen LogP contribution is -2.42. The van der Waals surface area contributed by atoms with E-state index in [1.165, 1.54) is 6.07 Å². The maximum Gasteiger partial charge on any atom is 0.236 e. The second kappa shape index (κ2) is 7.74. The Bertz CT molecular complexity index is 1250. The standard InChI is InChI=1S/C24H23ClFNO4S/c1-4-27-20-10-7-16(13-21(20)31-15-23(2,3)22(27)28)24(11-5-6-12-24)32(29,30)17-8-9-19(26)18(25)14-17/h5-14H,4,15H2,1-3H3. The molecule has 8 heteroatoms. The van der Waals surface area contributed by atoms with E-state index in [1.807, 2.05) is 20.8 Å². The fraction of sp³-hybridized carbons (Fsp3) is 0.292. The molecule has 0 bridgehead atoms. The van der Waals surface area contributed by atoms with Crippen LogP contribution in [0, 0.1) is 11.2 Å². The number of carbonyl (C=O) groups is 1. The first-order valence-electron chi connectivity index (χ1n) is 10.2. The van der Waals surface area contributed by atoms with Crippen LogP contribution in [0.3, 0.4) is 0 Å². The van der Waals surface area contributed by atoms with Gasteiger partial charge < -0.3 is 9.64 Å². The van der Waals surface area contributed by atoms with Crippen LogP contribution < -0.4 is 9.64 Å². The van der Waals surface area contributed by atoms with Gasteiger partial charge in [-0.2, -0.15) is 0 Å². The van der Waals surface area contributed by atoms with E-state index in [1.54, 1.807) is 47.4 Å². The highest BCUT2D eigenvalue weighted by molar-refractivity contribution is 7.92. The van der Waals surface area contributed by atoms with E-state index in [0.29, 0.717) is 23.5 Å². The van der Waals surface area contributed by atoms with Crippen LogP contribution in [0.1, 0.15) is 26.3 Å². The predicted octanol–water partition coefficient (Wildman–Crippen LogP) is 5.05. The molecule has 0 aromatic heterocycles. The lowest BCUT2D eigenvalue weighted by Gasteiger charge is -2.28. The quantitative estimate of drug-likeness (QED) is 0.581. The summed E-state index contributed by atoms with van der Waals surface area (Å²) in [5, 5.41) is -0.267. The van der Waals surface area contributed by atoms with Crippen LogP contribution in [0.4, 0.5) is 10.1 Å². The molecule has 1 heterocycles. The summed E-state index contributed by atoms with van der Waals surface area (Å²) in [6.45, 7) is 6.13. The SMILES string of the molecule is CCN1C(=O)C(C)(C)COc2cc(C3(S(=O)(=O)c4ccc(F)c(Cl)c4)C=CC=C3)ccc21. The molecule has 168 valence electrons. The number of sulfone groups is 1. The minimum Gasteiger partial charge on any atom is -0.490 e. The monoisotopic (exact) mass is 475 g/mol. The van der Waals surface area contributed by atoms with Crippen LogP contribution in [0.25, 0.3) is 0 Å². The van der Waals surface area contributed by atoms with E-state index in [2.05, 4.69) is 0 Å². The van der Waals surface area contributed by atoms with Crippen molar-refractivity contribution in [1.29, 1.82) is 0 Å². The van der Waals surface area contributed by atoms with Crippen molar-refractivity contribution in [2.45, 2.75) is 30.4 Å². The summed E-state index contributed by atoms with van der Waals surface area (Å²) in [5.41, 5.74) is 0.317. The zero-order chi connectivity index (χ0) is 23.3. The van der Waals surface area contributed by atoms with E-state index in [0.717, 1.165) is 12.1 Å². The van der Waals surface area contributed by atoms with Crippen molar-refractivity contribution in [3.63, 3.8) is 0 Å². The molecule has 5 nitrogen and oxygen atoms in total. The Balaban J connectivity index is 1.87. The minimum atomic E-state index is -4.04. The zero-order valence-corrected chi connectivity index (χ0v) is 19.5. The number of hydrogen-bond donors (Lipinski definition) is 0. The number of hydrogen-bond acceptors (Lipinski definition) is 4. The van der Waals surface area contributed by atoms with Crippen LogP contribution in [-0.2, 0) is 19.4 Å². The molecule has 0 fully saturated rings. The first-order chi connectivity index (χ1) is 15.0. The average Bonchev–Trinajstić information content (AvgIpc) is 3.24. The van der Waals surface area contributed by atoms with E-state index in [9.17, 15) is 17.6 Å². The summed E-state index contributed by atoms with van der Waals surface area (Å²) in [6.07, 6.45) is 6.45. The molecule has 1 aliphatic heterocycles. The number of ether oxygens (including phenoxy) is 1. The molecule has 4 rings (SSSR count). The third kappa shape index (κ3) is 3.35. The fourth-order valence-electron chi connectivity index (χ4n) is 4.02. The second-order valence-corrected chi connectivity index (χ2v) is 11.1. The number of fused-ring (bicyclic) bond motifs is 1. The molecule has 0 N–H and O–H groups in total. The van der Waals surface area contributed by atoms with Gasteiger partial charge in [0.1, 0.15) is 22.9 Å². The number of halogens is 2. The number of amides is 1. The van der Waals surface area contributed by atoms with Crippen LogP contribution in [0.2, 0.25) is 5.02 Å². The van der Waals surface area contributed by atoms with Gasteiger partial charge in [-0.1, -0.05) is 42.0 Å². The van der Waals surface area contributed by atoms with Gasteiger partial charge in [0, 0.05) is 6.54 Å². The van der Waals surface area contributed by atoms with Gasteiger partial charge in [-0.3, -0.25) is 4.79 Å². The Morgan fingerprint density at radius 3 is 2.44 bits per heavy atom. The Kier molecular flexibility index (Phi) is 5.46. The van der Waals surface area contributed by atoms with Gasteiger partial charge in [0.15, 0.2) is 9.84 Å². The summed E-state index contributed by atoms with van der Waals surface area (Å²) in [5.74, 6) is -0.318. The normalized spacial score (nSPS) is 18.9. The highest BCUT2D eigenvalue weighted by atomic mass is 35.5. The molecule has 0 atom stereocenters. The molecule has 1 amide bonds. The summed E-state index contributed by atoms with van der Waals surface area (Å²) in [7, 11) is -4.04. The fourth-order valence-corrected chi connectivity index (χ4v) is 6.13. The van der Waals surface area contributed by atoms with Crippen molar-refractivity contribution < 1.29 is 22.3 Å². The van der Waals surface area contributed by atoms with Gasteiger partial charge in [-0.25, -0.2) is 12.8 Å². The third-order valence-electron chi connectivity index (χ3n) is 5.88. The maximum atomic E-state index is 13.7. The minimum absolute atomic E-state index is 0.0598. The third-order valence-corrected chi connectivity index (χ3v) is 8.44. The summed E-state index contributed by atoms with van der Waals surface area (Å²) in [6, 6.07) is 8.42. The summed E-state index contributed by atoms with van der Waals surface area (Å²) < 4.78 is 45.6. The molecular formula is C24H23ClFNO4S. The van der Waals surface area contributed by atoms with Gasteiger partial charge in [0.25, 0.3) is 0 Å². The van der Waals surface area contributed by atoms with E-state index >= 15 is 0 Å². The second-order valence-electron chi connectivity index (χ2n) is 8.50. The topological polar surface area (TPSA) is 63.7 Å². The molecule has 0 saturated carbocycles. The lowest BCUT2D eigenvalue weighted by molar-refractivity contribution is -0.127. The van der Waals surface area contributed by atoms with Crippen molar-refractivity contribution in [3.05, 3.63) is 77.1 Å². The van der Waals surface area contributed by atoms with E-state index in [4.69, 9.17) is 16.3 Å². The molecule has 0 spiro atoms. The number of carbonyl (C=O) groups excluding carboxylic acids is 1. The Hall–Kier alpha value is -2.64. The van der Waals surface area contributed by atoms with Crippen LogP contribution in [-0.4, -0.2) is 27.5 Å². The van der Waals surface area contributed by atoms with Gasteiger partial charge in [0.2, 0.25) is 5.91 Å². The molecule has 0 radical (unpaired) electrons. The molecule has 0 saturated heterocycles. The molecule has 2 aromatic carbocycles. The van der Waals surface area contributed by atoms with Crippen molar-refractivity contribution in [3.8, 4) is 5.75 Å². The van der Waals surface area contributed by atoms with Gasteiger partial charge in [0.05, 0.1) is 21.0 Å². The highest BCUT2D eigenvalue weighted by Gasteiger charge is 2.45. The average molecular weight is 476 g/mol. The van der Waals surface area contributed by atoms with Crippen LogP contribution in [0.5, 0.6) is 5.75 Å². The predicted molar refractivity (Wildman–Crippen MR) is 122 cm³/mol. The maximum absolute atomic E-state index is 13.7. The largest absolute Gasteiger partial charge is 0.490 e. The number of benzene rings is 2. The van der Waals surface area contributed by atoms with Crippen LogP contribution >= 0.6 is 11.6 Å². The summed E-state index contributed by atoms with van der Waals surface area (Å²) >= 11 is 5.87. The number of allylic oxidation sites excluding steroid dienone is 2. The van der Waals surface area contributed by atoms with Gasteiger partial charge in [-0.15, -0.1) is 0 Å². The molecule has 0 unspecified atom stereocenters. The van der Waals surface area contributed by atoms with Crippen molar-refractivity contribution in [1.82, 2.24) is 0 Å². The van der Waals surface area contributed by atoms with E-state index < -0.39 is 25.8 Å². The number of nitrogens with zero attached hydrogens (tertiary/aromatic N) is 1. The van der Waals surface area contributed by atoms with E-state index in [-0.39, 0.29) is 22.4 Å². The Labute approximate surface area is 192 Å².